The summed E-state index contributed by atoms with van der Waals surface area (Å²) in [5.74, 6) is -0.565. The number of ether oxygens (including phenoxy) is 2. The number of aliphatic hydroxyl groups is 1. The molecule has 0 spiro atoms. The molecule has 2 aromatic carbocycles. The van der Waals surface area contributed by atoms with Gasteiger partial charge < -0.3 is 25.2 Å². The lowest BCUT2D eigenvalue weighted by Gasteiger charge is -2.16. The number of hydrogen-bond acceptors (Lipinski definition) is 5. The van der Waals surface area contributed by atoms with E-state index in [9.17, 15) is 14.7 Å². The van der Waals surface area contributed by atoms with Crippen molar-refractivity contribution in [2.45, 2.75) is 19.1 Å². The molecule has 0 fully saturated rings. The van der Waals surface area contributed by atoms with Crippen LogP contribution in [0, 0.1) is 0 Å². The number of amides is 2. The van der Waals surface area contributed by atoms with Crippen LogP contribution < -0.4 is 20.1 Å². The highest BCUT2D eigenvalue weighted by atomic mass is 16.5. The molecule has 0 aromatic heterocycles. The number of carbonyl (C=O) groups excluding carboxylic acids is 2. The summed E-state index contributed by atoms with van der Waals surface area (Å²) >= 11 is 0. The molecule has 2 amide bonds. The molecule has 2 aromatic rings. The highest BCUT2D eigenvalue weighted by molar-refractivity contribution is 6.35. The van der Waals surface area contributed by atoms with Crippen LogP contribution in [-0.2, 0) is 9.59 Å². The van der Waals surface area contributed by atoms with E-state index in [1.807, 2.05) is 30.3 Å². The maximum atomic E-state index is 12.0. The number of benzene rings is 2. The third-order valence-electron chi connectivity index (χ3n) is 4.10. The van der Waals surface area contributed by atoms with E-state index in [-0.39, 0.29) is 12.6 Å². The molecular formula is C20H24N2O5. The first-order valence-electron chi connectivity index (χ1n) is 8.50. The minimum absolute atomic E-state index is 0.110. The number of methoxy groups -OCH3 is 2. The van der Waals surface area contributed by atoms with Gasteiger partial charge in [-0.3, -0.25) is 9.59 Å². The third-order valence-corrected chi connectivity index (χ3v) is 4.10. The predicted molar refractivity (Wildman–Crippen MR) is 101 cm³/mol. The summed E-state index contributed by atoms with van der Waals surface area (Å²) in [7, 11) is 3.01. The number of rotatable bonds is 7. The van der Waals surface area contributed by atoms with Gasteiger partial charge in [0.1, 0.15) is 0 Å². The number of hydrogen-bond donors (Lipinski definition) is 3. The first-order valence-corrected chi connectivity index (χ1v) is 8.50. The van der Waals surface area contributed by atoms with E-state index in [4.69, 9.17) is 9.47 Å². The van der Waals surface area contributed by atoms with E-state index < -0.39 is 17.9 Å². The van der Waals surface area contributed by atoms with Crippen LogP contribution in [0.15, 0.2) is 48.5 Å². The zero-order valence-corrected chi connectivity index (χ0v) is 15.6. The van der Waals surface area contributed by atoms with Gasteiger partial charge in [0.05, 0.1) is 26.4 Å². The topological polar surface area (TPSA) is 96.9 Å². The maximum Gasteiger partial charge on any atom is 0.309 e. The van der Waals surface area contributed by atoms with E-state index in [0.29, 0.717) is 17.1 Å². The normalized spacial score (nSPS) is 12.6. The fourth-order valence-corrected chi connectivity index (χ4v) is 2.53. The SMILES string of the molecule is COc1ccc(C(O)CNC(=O)C(=O)NC(C)c2ccccc2)cc1OC. The summed E-state index contributed by atoms with van der Waals surface area (Å²) < 4.78 is 10.3. The van der Waals surface area contributed by atoms with Gasteiger partial charge in [0.2, 0.25) is 0 Å². The van der Waals surface area contributed by atoms with Crippen molar-refractivity contribution in [3.63, 3.8) is 0 Å². The Morgan fingerprint density at radius 2 is 1.63 bits per heavy atom. The fourth-order valence-electron chi connectivity index (χ4n) is 2.53. The summed E-state index contributed by atoms with van der Waals surface area (Å²) in [6, 6.07) is 14.0. The zero-order chi connectivity index (χ0) is 19.8. The number of aliphatic hydroxyl groups excluding tert-OH is 1. The first kappa shape index (κ1) is 20.3. The predicted octanol–water partition coefficient (Wildman–Crippen LogP) is 1.73. The molecule has 0 radical (unpaired) electrons. The van der Waals surface area contributed by atoms with Crippen molar-refractivity contribution in [3.05, 3.63) is 59.7 Å². The van der Waals surface area contributed by atoms with Gasteiger partial charge in [0, 0.05) is 6.54 Å². The molecule has 3 N–H and O–H groups in total. The first-order chi connectivity index (χ1) is 13.0. The Kier molecular flexibility index (Phi) is 7.19. The smallest absolute Gasteiger partial charge is 0.309 e. The van der Waals surface area contributed by atoms with Gasteiger partial charge >= 0.3 is 11.8 Å². The van der Waals surface area contributed by atoms with Gasteiger partial charge in [0.25, 0.3) is 0 Å². The molecule has 0 saturated heterocycles. The van der Waals surface area contributed by atoms with E-state index in [1.54, 1.807) is 25.1 Å². The van der Waals surface area contributed by atoms with E-state index in [0.717, 1.165) is 5.56 Å². The molecule has 0 heterocycles. The van der Waals surface area contributed by atoms with E-state index >= 15 is 0 Å². The Bertz CT molecular complexity index is 779. The molecule has 0 bridgehead atoms. The van der Waals surface area contributed by atoms with Gasteiger partial charge in [-0.2, -0.15) is 0 Å². The molecule has 7 nitrogen and oxygen atoms in total. The van der Waals surface area contributed by atoms with Crippen LogP contribution in [0.3, 0.4) is 0 Å². The molecule has 2 rings (SSSR count). The number of carbonyl (C=O) groups is 2. The van der Waals surface area contributed by atoms with Crippen molar-refractivity contribution in [2.24, 2.45) is 0 Å². The standard InChI is InChI=1S/C20H24N2O5/c1-13(14-7-5-4-6-8-14)22-20(25)19(24)21-12-16(23)15-9-10-17(26-2)18(11-15)27-3/h4-11,13,16,23H,12H2,1-3H3,(H,21,24)(H,22,25). The molecule has 27 heavy (non-hydrogen) atoms. The maximum absolute atomic E-state index is 12.0. The molecule has 0 aliphatic carbocycles. The summed E-state index contributed by atoms with van der Waals surface area (Å²) in [6.45, 7) is 1.68. The Labute approximate surface area is 158 Å². The lowest BCUT2D eigenvalue weighted by Crippen LogP contribution is -2.42. The fraction of sp³-hybridized carbons (Fsp3) is 0.300. The van der Waals surface area contributed by atoms with Gasteiger partial charge in [-0.05, 0) is 30.2 Å². The van der Waals surface area contributed by atoms with Crippen LogP contribution in [-0.4, -0.2) is 37.7 Å². The largest absolute Gasteiger partial charge is 0.493 e. The number of nitrogens with one attached hydrogen (secondary N) is 2. The summed E-state index contributed by atoms with van der Waals surface area (Å²) in [5, 5.41) is 15.3. The van der Waals surface area contributed by atoms with Crippen LogP contribution in [0.1, 0.15) is 30.2 Å². The van der Waals surface area contributed by atoms with Gasteiger partial charge in [-0.15, -0.1) is 0 Å². The molecule has 0 aliphatic heterocycles. The van der Waals surface area contributed by atoms with Crippen molar-refractivity contribution < 1.29 is 24.2 Å². The Balaban J connectivity index is 1.89. The third kappa shape index (κ3) is 5.46. The lowest BCUT2D eigenvalue weighted by molar-refractivity contribution is -0.139. The summed E-state index contributed by atoms with van der Waals surface area (Å²) in [6.07, 6.45) is -0.992. The molecule has 7 heteroatoms. The van der Waals surface area contributed by atoms with Crippen molar-refractivity contribution in [1.82, 2.24) is 10.6 Å². The van der Waals surface area contributed by atoms with Crippen LogP contribution in [0.4, 0.5) is 0 Å². The minimum Gasteiger partial charge on any atom is -0.493 e. The van der Waals surface area contributed by atoms with Gasteiger partial charge in [0.15, 0.2) is 11.5 Å². The quantitative estimate of drug-likeness (QED) is 0.643. The average Bonchev–Trinajstić information content (AvgIpc) is 2.71. The van der Waals surface area contributed by atoms with Crippen molar-refractivity contribution in [1.29, 1.82) is 0 Å². The van der Waals surface area contributed by atoms with E-state index in [1.165, 1.54) is 14.2 Å². The van der Waals surface area contributed by atoms with Crippen LogP contribution >= 0.6 is 0 Å². The monoisotopic (exact) mass is 372 g/mol. The molecule has 2 atom stereocenters. The molecule has 144 valence electrons. The van der Waals surface area contributed by atoms with Crippen molar-refractivity contribution >= 4 is 11.8 Å². The Hall–Kier alpha value is -3.06. The molecule has 0 saturated carbocycles. The van der Waals surface area contributed by atoms with Crippen molar-refractivity contribution in [3.8, 4) is 11.5 Å². The van der Waals surface area contributed by atoms with Crippen LogP contribution in [0.2, 0.25) is 0 Å². The van der Waals surface area contributed by atoms with Crippen LogP contribution in [0.25, 0.3) is 0 Å². The second kappa shape index (κ2) is 9.59. The molecule has 0 aliphatic rings. The highest BCUT2D eigenvalue weighted by Crippen LogP contribution is 2.29. The minimum atomic E-state index is -0.992. The summed E-state index contributed by atoms with van der Waals surface area (Å²) in [5.41, 5.74) is 1.43. The lowest BCUT2D eigenvalue weighted by atomic mass is 10.1. The molecule has 2 unspecified atom stereocenters. The van der Waals surface area contributed by atoms with Gasteiger partial charge in [-0.1, -0.05) is 36.4 Å². The zero-order valence-electron chi connectivity index (χ0n) is 15.6. The molecular weight excluding hydrogens is 348 g/mol. The second-order valence-electron chi connectivity index (χ2n) is 5.95. The highest BCUT2D eigenvalue weighted by Gasteiger charge is 2.19. The second-order valence-corrected chi connectivity index (χ2v) is 5.95. The van der Waals surface area contributed by atoms with Gasteiger partial charge in [-0.25, -0.2) is 0 Å². The average molecular weight is 372 g/mol. The van der Waals surface area contributed by atoms with Crippen LogP contribution in [0.5, 0.6) is 11.5 Å². The Morgan fingerprint density at radius 1 is 0.963 bits per heavy atom. The summed E-state index contributed by atoms with van der Waals surface area (Å²) in [4.78, 5) is 24.0. The Morgan fingerprint density at radius 3 is 2.26 bits per heavy atom. The van der Waals surface area contributed by atoms with Crippen molar-refractivity contribution in [2.75, 3.05) is 20.8 Å². The van der Waals surface area contributed by atoms with E-state index in [2.05, 4.69) is 10.6 Å².